The molecule has 1 fully saturated rings. The van der Waals surface area contributed by atoms with Crippen LogP contribution in [0.25, 0.3) is 0 Å². The van der Waals surface area contributed by atoms with Gasteiger partial charge in [-0.25, -0.2) is 0 Å². The van der Waals surface area contributed by atoms with Gasteiger partial charge in [0.2, 0.25) is 0 Å². The van der Waals surface area contributed by atoms with Gasteiger partial charge in [-0.05, 0) is 11.6 Å². The summed E-state index contributed by atoms with van der Waals surface area (Å²) in [6.45, 7) is 2.26. The molecule has 0 unspecified atom stereocenters. The molecule has 1 aromatic rings. The summed E-state index contributed by atoms with van der Waals surface area (Å²) in [5, 5.41) is 12.3. The van der Waals surface area contributed by atoms with Crippen LogP contribution in [0.5, 0.6) is 0 Å². The minimum Gasteiger partial charge on any atom is -0.378 e. The van der Waals surface area contributed by atoms with Gasteiger partial charge in [0.1, 0.15) is 0 Å². The van der Waals surface area contributed by atoms with E-state index in [0.29, 0.717) is 6.61 Å². The average Bonchev–Trinajstić information content (AvgIpc) is 2.30. The number of nitriles is 1. The maximum Gasteiger partial charge on any atom is 0.0995 e. The van der Waals surface area contributed by atoms with E-state index in [1.54, 1.807) is 0 Å². The molecular weight excluding hydrogens is 176 g/mol. The Bertz CT molecular complexity index is 351. The van der Waals surface area contributed by atoms with Gasteiger partial charge in [-0.15, -0.1) is 0 Å². The van der Waals surface area contributed by atoms with Crippen LogP contribution in [-0.4, -0.2) is 19.8 Å². The Labute approximate surface area is 83.3 Å². The molecule has 0 aromatic heterocycles. The molecule has 0 radical (unpaired) electrons. The highest BCUT2D eigenvalue weighted by Crippen LogP contribution is 2.19. The standard InChI is InChI=1S/C11H12N2O/c12-7-9-3-1-2-4-10(9)11-8-14-6-5-13-11/h1-4,11,13H,5-6,8H2/t11-/m1/s1. The van der Waals surface area contributed by atoms with Gasteiger partial charge >= 0.3 is 0 Å². The Kier molecular flexibility index (Phi) is 2.78. The summed E-state index contributed by atoms with van der Waals surface area (Å²) < 4.78 is 5.36. The molecule has 0 saturated carbocycles. The summed E-state index contributed by atoms with van der Waals surface area (Å²) >= 11 is 0. The molecular formula is C11H12N2O. The zero-order chi connectivity index (χ0) is 9.80. The third kappa shape index (κ3) is 1.77. The van der Waals surface area contributed by atoms with Crippen molar-refractivity contribution in [2.75, 3.05) is 19.8 Å². The van der Waals surface area contributed by atoms with Crippen LogP contribution in [0.4, 0.5) is 0 Å². The van der Waals surface area contributed by atoms with E-state index >= 15 is 0 Å². The van der Waals surface area contributed by atoms with Gasteiger partial charge in [0, 0.05) is 6.54 Å². The Hall–Kier alpha value is -1.37. The number of hydrogen-bond acceptors (Lipinski definition) is 3. The third-order valence-corrected chi connectivity index (χ3v) is 2.38. The molecule has 2 rings (SSSR count). The molecule has 1 N–H and O–H groups in total. The summed E-state index contributed by atoms with van der Waals surface area (Å²) in [7, 11) is 0. The molecule has 0 spiro atoms. The van der Waals surface area contributed by atoms with E-state index in [9.17, 15) is 0 Å². The molecule has 1 aromatic carbocycles. The highest BCUT2D eigenvalue weighted by atomic mass is 16.5. The fourth-order valence-corrected chi connectivity index (χ4v) is 1.67. The number of rotatable bonds is 1. The van der Waals surface area contributed by atoms with E-state index in [1.807, 2.05) is 24.3 Å². The largest absolute Gasteiger partial charge is 0.378 e. The zero-order valence-corrected chi connectivity index (χ0v) is 7.86. The molecule has 1 aliphatic heterocycles. The third-order valence-electron chi connectivity index (χ3n) is 2.38. The number of morpholine rings is 1. The molecule has 1 saturated heterocycles. The lowest BCUT2D eigenvalue weighted by molar-refractivity contribution is 0.0768. The number of benzene rings is 1. The van der Waals surface area contributed by atoms with E-state index in [-0.39, 0.29) is 6.04 Å². The lowest BCUT2D eigenvalue weighted by atomic mass is 10.0. The Morgan fingerprint density at radius 2 is 2.29 bits per heavy atom. The van der Waals surface area contributed by atoms with Crippen molar-refractivity contribution in [1.82, 2.24) is 5.32 Å². The average molecular weight is 188 g/mol. The molecule has 0 aliphatic carbocycles. The lowest BCUT2D eigenvalue weighted by Gasteiger charge is -2.24. The highest BCUT2D eigenvalue weighted by Gasteiger charge is 2.17. The van der Waals surface area contributed by atoms with E-state index in [4.69, 9.17) is 10.00 Å². The quantitative estimate of drug-likeness (QED) is 0.720. The van der Waals surface area contributed by atoms with Crippen LogP contribution >= 0.6 is 0 Å². The van der Waals surface area contributed by atoms with E-state index < -0.39 is 0 Å². The predicted molar refractivity (Wildman–Crippen MR) is 52.7 cm³/mol. The Morgan fingerprint density at radius 1 is 1.43 bits per heavy atom. The second-order valence-electron chi connectivity index (χ2n) is 3.28. The van der Waals surface area contributed by atoms with Crippen molar-refractivity contribution in [3.05, 3.63) is 35.4 Å². The first-order valence-electron chi connectivity index (χ1n) is 4.72. The second kappa shape index (κ2) is 4.23. The molecule has 0 bridgehead atoms. The molecule has 3 heteroatoms. The summed E-state index contributed by atoms with van der Waals surface area (Å²) in [4.78, 5) is 0. The summed E-state index contributed by atoms with van der Waals surface area (Å²) in [5.41, 5.74) is 1.77. The van der Waals surface area contributed by atoms with E-state index in [0.717, 1.165) is 24.3 Å². The van der Waals surface area contributed by atoms with Crippen molar-refractivity contribution in [3.63, 3.8) is 0 Å². The maximum absolute atomic E-state index is 8.93. The summed E-state index contributed by atoms with van der Waals surface area (Å²) in [6, 6.07) is 10.0. The van der Waals surface area contributed by atoms with Crippen molar-refractivity contribution in [2.45, 2.75) is 6.04 Å². The monoisotopic (exact) mass is 188 g/mol. The first kappa shape index (κ1) is 9.20. The smallest absolute Gasteiger partial charge is 0.0995 e. The van der Waals surface area contributed by atoms with Crippen LogP contribution in [0.1, 0.15) is 17.2 Å². The minimum atomic E-state index is 0.166. The van der Waals surface area contributed by atoms with Gasteiger partial charge < -0.3 is 10.1 Å². The fourth-order valence-electron chi connectivity index (χ4n) is 1.67. The van der Waals surface area contributed by atoms with Crippen LogP contribution in [0.3, 0.4) is 0 Å². The number of nitrogens with zero attached hydrogens (tertiary/aromatic N) is 1. The van der Waals surface area contributed by atoms with Crippen LogP contribution < -0.4 is 5.32 Å². The van der Waals surface area contributed by atoms with Crippen LogP contribution in [0, 0.1) is 11.3 Å². The van der Waals surface area contributed by atoms with Gasteiger partial charge in [0.25, 0.3) is 0 Å². The second-order valence-corrected chi connectivity index (χ2v) is 3.28. The van der Waals surface area contributed by atoms with Crippen molar-refractivity contribution < 1.29 is 4.74 Å². The topological polar surface area (TPSA) is 45.0 Å². The van der Waals surface area contributed by atoms with Gasteiger partial charge in [-0.2, -0.15) is 5.26 Å². The van der Waals surface area contributed by atoms with Gasteiger partial charge in [-0.3, -0.25) is 0 Å². The van der Waals surface area contributed by atoms with Gasteiger partial charge in [0.15, 0.2) is 0 Å². The minimum absolute atomic E-state index is 0.166. The normalized spacial score (nSPS) is 21.5. The number of hydrogen-bond donors (Lipinski definition) is 1. The Morgan fingerprint density at radius 3 is 3.00 bits per heavy atom. The molecule has 3 nitrogen and oxygen atoms in total. The van der Waals surface area contributed by atoms with Crippen molar-refractivity contribution in [1.29, 1.82) is 5.26 Å². The maximum atomic E-state index is 8.93. The molecule has 1 aliphatic rings. The SMILES string of the molecule is N#Cc1ccccc1[C@H]1COCCN1. The predicted octanol–water partition coefficient (Wildman–Crippen LogP) is 1.22. The van der Waals surface area contributed by atoms with Crippen LogP contribution in [0.15, 0.2) is 24.3 Å². The summed E-state index contributed by atoms with van der Waals surface area (Å²) in [6.07, 6.45) is 0. The molecule has 1 atom stereocenters. The molecule has 0 amide bonds. The van der Waals surface area contributed by atoms with Crippen molar-refractivity contribution in [2.24, 2.45) is 0 Å². The van der Waals surface area contributed by atoms with E-state index in [2.05, 4.69) is 11.4 Å². The van der Waals surface area contributed by atoms with E-state index in [1.165, 1.54) is 0 Å². The van der Waals surface area contributed by atoms with Gasteiger partial charge in [0.05, 0.1) is 30.9 Å². The van der Waals surface area contributed by atoms with Crippen molar-refractivity contribution >= 4 is 0 Å². The first-order chi connectivity index (χ1) is 6.92. The number of ether oxygens (including phenoxy) is 1. The molecule has 14 heavy (non-hydrogen) atoms. The fraction of sp³-hybridized carbons (Fsp3) is 0.364. The van der Waals surface area contributed by atoms with Gasteiger partial charge in [-0.1, -0.05) is 18.2 Å². The first-order valence-corrected chi connectivity index (χ1v) is 4.72. The van der Waals surface area contributed by atoms with Crippen LogP contribution in [0.2, 0.25) is 0 Å². The molecule has 1 heterocycles. The molecule has 72 valence electrons. The van der Waals surface area contributed by atoms with Crippen molar-refractivity contribution in [3.8, 4) is 6.07 Å². The summed E-state index contributed by atoms with van der Waals surface area (Å²) in [5.74, 6) is 0. The lowest BCUT2D eigenvalue weighted by Crippen LogP contribution is -2.34. The Balaban J connectivity index is 2.26. The zero-order valence-electron chi connectivity index (χ0n) is 7.86. The van der Waals surface area contributed by atoms with Crippen LogP contribution in [-0.2, 0) is 4.74 Å². The highest BCUT2D eigenvalue weighted by molar-refractivity contribution is 5.39. The number of nitrogens with one attached hydrogen (secondary N) is 1.